The molecule has 1 fully saturated rings. The number of amides is 1. The first-order chi connectivity index (χ1) is 7.86. The molecule has 1 aliphatic rings. The number of carbonyl (C=O) groups excluding carboxylic acids is 1. The average molecular weight is 242 g/mol. The summed E-state index contributed by atoms with van der Waals surface area (Å²) in [6.07, 6.45) is 0.718. The molecule has 0 N–H and O–H groups in total. The number of rotatable bonds is 2. The number of hydrogen-bond donors (Lipinski definition) is 0. The molecule has 0 spiro atoms. The molecule has 4 nitrogen and oxygen atoms in total. The second-order valence-corrected chi connectivity index (χ2v) is 5.71. The zero-order valence-electron chi connectivity index (χ0n) is 11.8. The molecule has 1 saturated heterocycles. The van der Waals surface area contributed by atoms with Crippen LogP contribution in [0.2, 0.25) is 0 Å². The lowest BCUT2D eigenvalue weighted by atomic mass is 10.1. The molecular formula is C13H26N2O2. The van der Waals surface area contributed by atoms with Crippen molar-refractivity contribution in [2.24, 2.45) is 0 Å². The van der Waals surface area contributed by atoms with Crippen LogP contribution in [0, 0.1) is 0 Å². The summed E-state index contributed by atoms with van der Waals surface area (Å²) in [6.45, 7) is 12.2. The highest BCUT2D eigenvalue weighted by molar-refractivity contribution is 5.80. The van der Waals surface area contributed by atoms with Crippen molar-refractivity contribution < 1.29 is 9.53 Å². The van der Waals surface area contributed by atoms with Gasteiger partial charge in [-0.3, -0.25) is 9.69 Å². The Labute approximate surface area is 105 Å². The Bertz CT molecular complexity index is 261. The van der Waals surface area contributed by atoms with Gasteiger partial charge in [-0.25, -0.2) is 0 Å². The number of carbonyl (C=O) groups is 1. The maximum atomic E-state index is 12.0. The monoisotopic (exact) mass is 242 g/mol. The third-order valence-corrected chi connectivity index (χ3v) is 3.46. The number of nitrogens with zero attached hydrogens (tertiary/aromatic N) is 2. The van der Waals surface area contributed by atoms with Crippen LogP contribution < -0.4 is 0 Å². The molecule has 0 radical (unpaired) electrons. The lowest BCUT2D eigenvalue weighted by molar-refractivity contribution is -0.140. The van der Waals surface area contributed by atoms with Crippen LogP contribution in [0.1, 0.15) is 34.1 Å². The third kappa shape index (κ3) is 3.96. The van der Waals surface area contributed by atoms with Gasteiger partial charge in [-0.2, -0.15) is 0 Å². The molecule has 4 heteroatoms. The van der Waals surface area contributed by atoms with Gasteiger partial charge in [-0.15, -0.1) is 0 Å². The summed E-state index contributed by atoms with van der Waals surface area (Å²) in [5.41, 5.74) is 0.186. The summed E-state index contributed by atoms with van der Waals surface area (Å²) in [7, 11) is 1.59. The average Bonchev–Trinajstić information content (AvgIpc) is 2.51. The first-order valence-electron chi connectivity index (χ1n) is 6.43. The van der Waals surface area contributed by atoms with Crippen LogP contribution in [0.25, 0.3) is 0 Å². The van der Waals surface area contributed by atoms with Crippen LogP contribution in [-0.4, -0.2) is 60.6 Å². The first-order valence-corrected chi connectivity index (χ1v) is 6.43. The molecule has 0 bridgehead atoms. The summed E-state index contributed by atoms with van der Waals surface area (Å²) in [5, 5.41) is 0. The zero-order chi connectivity index (χ0) is 13.1. The fourth-order valence-corrected chi connectivity index (χ4v) is 2.17. The van der Waals surface area contributed by atoms with Crippen LogP contribution in [0.15, 0.2) is 0 Å². The SMILES string of the molecule is COC(C)C(=O)N1CCCN(C(C)(C)C)CC1. The van der Waals surface area contributed by atoms with Crippen molar-refractivity contribution in [3.05, 3.63) is 0 Å². The predicted molar refractivity (Wildman–Crippen MR) is 69.0 cm³/mol. The quantitative estimate of drug-likeness (QED) is 0.733. The van der Waals surface area contributed by atoms with Crippen molar-refractivity contribution in [3.63, 3.8) is 0 Å². The third-order valence-electron chi connectivity index (χ3n) is 3.46. The van der Waals surface area contributed by atoms with E-state index in [1.807, 2.05) is 11.8 Å². The van der Waals surface area contributed by atoms with Crippen LogP contribution in [0.3, 0.4) is 0 Å². The summed E-state index contributed by atoms with van der Waals surface area (Å²) in [5.74, 6) is 0.114. The maximum absolute atomic E-state index is 12.0. The summed E-state index contributed by atoms with van der Waals surface area (Å²) < 4.78 is 5.10. The molecule has 1 aliphatic heterocycles. The van der Waals surface area contributed by atoms with E-state index in [1.54, 1.807) is 7.11 Å². The van der Waals surface area contributed by atoms with Crippen LogP contribution in [-0.2, 0) is 9.53 Å². The molecular weight excluding hydrogens is 216 g/mol. The highest BCUT2D eigenvalue weighted by Crippen LogP contribution is 2.16. The molecule has 1 rings (SSSR count). The van der Waals surface area contributed by atoms with Crippen LogP contribution in [0.4, 0.5) is 0 Å². The van der Waals surface area contributed by atoms with Gasteiger partial charge in [0.1, 0.15) is 6.10 Å². The van der Waals surface area contributed by atoms with E-state index in [0.717, 1.165) is 32.6 Å². The largest absolute Gasteiger partial charge is 0.372 e. The summed E-state index contributed by atoms with van der Waals surface area (Å²) in [4.78, 5) is 16.4. The van der Waals surface area contributed by atoms with Gasteiger partial charge in [0.05, 0.1) is 0 Å². The molecule has 1 unspecified atom stereocenters. The first kappa shape index (κ1) is 14.5. The van der Waals surface area contributed by atoms with Gasteiger partial charge >= 0.3 is 0 Å². The molecule has 100 valence electrons. The van der Waals surface area contributed by atoms with Gasteiger partial charge in [0.2, 0.25) is 0 Å². The molecule has 1 amide bonds. The maximum Gasteiger partial charge on any atom is 0.251 e. The van der Waals surface area contributed by atoms with Crippen molar-refractivity contribution in [2.75, 3.05) is 33.3 Å². The Hall–Kier alpha value is -0.610. The lowest BCUT2D eigenvalue weighted by Crippen LogP contribution is -2.45. The van der Waals surface area contributed by atoms with Crippen molar-refractivity contribution >= 4 is 5.91 Å². The van der Waals surface area contributed by atoms with Gasteiger partial charge in [0, 0.05) is 38.8 Å². The van der Waals surface area contributed by atoms with Gasteiger partial charge in [-0.1, -0.05) is 0 Å². The lowest BCUT2D eigenvalue weighted by Gasteiger charge is -2.34. The Morgan fingerprint density at radius 1 is 1.18 bits per heavy atom. The van der Waals surface area contributed by atoms with Crippen molar-refractivity contribution in [2.45, 2.75) is 45.8 Å². The Morgan fingerprint density at radius 2 is 1.82 bits per heavy atom. The fraction of sp³-hybridized carbons (Fsp3) is 0.923. The molecule has 0 aromatic heterocycles. The van der Waals surface area contributed by atoms with E-state index in [2.05, 4.69) is 25.7 Å². The Morgan fingerprint density at radius 3 is 2.35 bits per heavy atom. The van der Waals surface area contributed by atoms with E-state index >= 15 is 0 Å². The zero-order valence-corrected chi connectivity index (χ0v) is 11.8. The molecule has 1 heterocycles. The van der Waals surface area contributed by atoms with E-state index in [-0.39, 0.29) is 17.6 Å². The van der Waals surface area contributed by atoms with E-state index in [1.165, 1.54) is 0 Å². The minimum absolute atomic E-state index is 0.114. The number of ether oxygens (including phenoxy) is 1. The molecule has 1 atom stereocenters. The molecule has 0 aromatic rings. The van der Waals surface area contributed by atoms with Crippen molar-refractivity contribution in [1.82, 2.24) is 9.80 Å². The van der Waals surface area contributed by atoms with Crippen molar-refractivity contribution in [3.8, 4) is 0 Å². The van der Waals surface area contributed by atoms with Gasteiger partial charge in [0.15, 0.2) is 0 Å². The van der Waals surface area contributed by atoms with E-state index in [4.69, 9.17) is 4.74 Å². The van der Waals surface area contributed by atoms with Gasteiger partial charge in [0.25, 0.3) is 5.91 Å². The highest BCUT2D eigenvalue weighted by Gasteiger charge is 2.27. The second kappa shape index (κ2) is 5.83. The van der Waals surface area contributed by atoms with Crippen LogP contribution in [0.5, 0.6) is 0 Å². The molecule has 0 aromatic carbocycles. The molecule has 17 heavy (non-hydrogen) atoms. The fourth-order valence-electron chi connectivity index (χ4n) is 2.17. The summed E-state index contributed by atoms with van der Waals surface area (Å²) in [6, 6.07) is 0. The minimum atomic E-state index is -0.323. The normalized spacial score (nSPS) is 21.1. The smallest absolute Gasteiger partial charge is 0.251 e. The number of methoxy groups -OCH3 is 1. The van der Waals surface area contributed by atoms with E-state index < -0.39 is 0 Å². The number of hydrogen-bond acceptors (Lipinski definition) is 3. The van der Waals surface area contributed by atoms with Gasteiger partial charge in [-0.05, 0) is 34.1 Å². The Balaban J connectivity index is 2.56. The second-order valence-electron chi connectivity index (χ2n) is 5.71. The topological polar surface area (TPSA) is 32.8 Å². The van der Waals surface area contributed by atoms with E-state index in [9.17, 15) is 4.79 Å². The minimum Gasteiger partial charge on any atom is -0.372 e. The van der Waals surface area contributed by atoms with E-state index in [0.29, 0.717) is 0 Å². The van der Waals surface area contributed by atoms with Crippen LogP contribution >= 0.6 is 0 Å². The predicted octanol–water partition coefficient (Wildman–Crippen LogP) is 1.35. The molecule has 0 aliphatic carbocycles. The Kier molecular flexibility index (Phi) is 4.95. The standard InChI is InChI=1S/C13H26N2O2/c1-11(17-5)12(16)14-7-6-8-15(10-9-14)13(2,3)4/h11H,6-10H2,1-5H3. The van der Waals surface area contributed by atoms with Crippen molar-refractivity contribution in [1.29, 1.82) is 0 Å². The van der Waals surface area contributed by atoms with Gasteiger partial charge < -0.3 is 9.64 Å². The summed E-state index contributed by atoms with van der Waals surface area (Å²) >= 11 is 0. The highest BCUT2D eigenvalue weighted by atomic mass is 16.5. The molecule has 0 saturated carbocycles.